The quantitative estimate of drug-likeness (QED) is 0.742. The SMILES string of the molecule is Nc1cc(Cl)cc(S(=O)(=O)NC2C=CS(=O)(=O)C2)c1Br. The van der Waals surface area contributed by atoms with Crippen molar-refractivity contribution in [2.24, 2.45) is 0 Å². The minimum atomic E-state index is -3.95. The fourth-order valence-electron chi connectivity index (χ4n) is 1.69. The number of hydrogen-bond acceptors (Lipinski definition) is 5. The van der Waals surface area contributed by atoms with Crippen molar-refractivity contribution in [1.82, 2.24) is 4.72 Å². The number of nitrogen functional groups attached to an aromatic ring is 1. The van der Waals surface area contributed by atoms with E-state index >= 15 is 0 Å². The molecular formula is C10H10BrClN2O4S2. The molecule has 1 aliphatic heterocycles. The summed E-state index contributed by atoms with van der Waals surface area (Å²) in [5, 5.41) is 1.15. The molecule has 2 rings (SSSR count). The lowest BCUT2D eigenvalue weighted by atomic mass is 10.3. The third kappa shape index (κ3) is 3.34. The maximum Gasteiger partial charge on any atom is 0.242 e. The number of rotatable bonds is 3. The largest absolute Gasteiger partial charge is 0.398 e. The van der Waals surface area contributed by atoms with Crippen LogP contribution < -0.4 is 10.5 Å². The summed E-state index contributed by atoms with van der Waals surface area (Å²) in [6.45, 7) is 0. The van der Waals surface area contributed by atoms with E-state index in [1.54, 1.807) is 0 Å². The monoisotopic (exact) mass is 400 g/mol. The van der Waals surface area contributed by atoms with E-state index in [0.29, 0.717) is 0 Å². The van der Waals surface area contributed by atoms with Crippen molar-refractivity contribution in [2.75, 3.05) is 11.5 Å². The van der Waals surface area contributed by atoms with Crippen LogP contribution in [-0.4, -0.2) is 28.6 Å². The zero-order valence-corrected chi connectivity index (χ0v) is 13.9. The second-order valence-corrected chi connectivity index (χ2v) is 9.04. The van der Waals surface area contributed by atoms with Crippen LogP contribution in [-0.2, 0) is 19.9 Å². The number of halogens is 2. The Hall–Kier alpha value is -0.610. The van der Waals surface area contributed by atoms with Gasteiger partial charge in [0.2, 0.25) is 10.0 Å². The Kier molecular flexibility index (Phi) is 4.18. The summed E-state index contributed by atoms with van der Waals surface area (Å²) in [4.78, 5) is -0.139. The van der Waals surface area contributed by atoms with Crippen molar-refractivity contribution >= 4 is 53.1 Å². The minimum absolute atomic E-state index is 0.139. The van der Waals surface area contributed by atoms with Gasteiger partial charge in [0.25, 0.3) is 0 Å². The fraction of sp³-hybridized carbons (Fsp3) is 0.200. The predicted molar refractivity (Wildman–Crippen MR) is 80.6 cm³/mol. The van der Waals surface area contributed by atoms with Gasteiger partial charge in [-0.2, -0.15) is 0 Å². The molecular weight excluding hydrogens is 392 g/mol. The van der Waals surface area contributed by atoms with E-state index in [4.69, 9.17) is 17.3 Å². The van der Waals surface area contributed by atoms with Gasteiger partial charge in [0, 0.05) is 16.1 Å². The molecule has 20 heavy (non-hydrogen) atoms. The van der Waals surface area contributed by atoms with Crippen molar-refractivity contribution in [3.63, 3.8) is 0 Å². The molecule has 0 saturated heterocycles. The van der Waals surface area contributed by atoms with Crippen molar-refractivity contribution in [3.8, 4) is 0 Å². The fourth-order valence-corrected chi connectivity index (χ4v) is 5.52. The van der Waals surface area contributed by atoms with Gasteiger partial charge < -0.3 is 5.73 Å². The maximum absolute atomic E-state index is 12.2. The average Bonchev–Trinajstić information content (AvgIpc) is 2.62. The smallest absolute Gasteiger partial charge is 0.242 e. The first-order valence-corrected chi connectivity index (χ1v) is 9.65. The van der Waals surface area contributed by atoms with Gasteiger partial charge in [-0.05, 0) is 28.1 Å². The molecule has 1 aromatic carbocycles. The van der Waals surface area contributed by atoms with Gasteiger partial charge in [0.05, 0.1) is 21.2 Å². The molecule has 0 aromatic heterocycles. The van der Waals surface area contributed by atoms with Crippen LogP contribution in [0.2, 0.25) is 5.02 Å². The van der Waals surface area contributed by atoms with Crippen LogP contribution in [0.25, 0.3) is 0 Å². The van der Waals surface area contributed by atoms with E-state index in [0.717, 1.165) is 5.41 Å². The number of hydrogen-bond donors (Lipinski definition) is 2. The molecule has 0 saturated carbocycles. The molecule has 3 N–H and O–H groups in total. The molecule has 1 unspecified atom stereocenters. The van der Waals surface area contributed by atoms with Gasteiger partial charge in [0.15, 0.2) is 9.84 Å². The highest BCUT2D eigenvalue weighted by molar-refractivity contribution is 9.10. The Bertz CT molecular complexity index is 790. The van der Waals surface area contributed by atoms with E-state index in [9.17, 15) is 16.8 Å². The number of nitrogens with two attached hydrogens (primary N) is 1. The van der Waals surface area contributed by atoms with Crippen molar-refractivity contribution in [1.29, 1.82) is 0 Å². The van der Waals surface area contributed by atoms with Crippen LogP contribution in [0, 0.1) is 0 Å². The third-order valence-corrected chi connectivity index (χ3v) is 6.83. The summed E-state index contributed by atoms with van der Waals surface area (Å²) < 4.78 is 49.5. The van der Waals surface area contributed by atoms with E-state index in [2.05, 4.69) is 20.7 Å². The summed E-state index contributed by atoms with van der Waals surface area (Å²) >= 11 is 8.87. The second kappa shape index (κ2) is 5.30. The molecule has 1 heterocycles. The highest BCUT2D eigenvalue weighted by Gasteiger charge is 2.28. The molecule has 0 aliphatic carbocycles. The van der Waals surface area contributed by atoms with Gasteiger partial charge in [-0.15, -0.1) is 0 Å². The van der Waals surface area contributed by atoms with Crippen LogP contribution >= 0.6 is 27.5 Å². The summed E-state index contributed by atoms with van der Waals surface area (Å²) in [5.74, 6) is -0.306. The molecule has 1 aliphatic rings. The zero-order valence-electron chi connectivity index (χ0n) is 9.88. The van der Waals surface area contributed by atoms with Gasteiger partial charge in [-0.25, -0.2) is 21.6 Å². The number of nitrogens with one attached hydrogen (secondary N) is 1. The molecule has 0 bridgehead atoms. The Labute approximate surface area is 130 Å². The lowest BCUT2D eigenvalue weighted by Crippen LogP contribution is -2.35. The summed E-state index contributed by atoms with van der Waals surface area (Å²) in [6.07, 6.45) is 1.29. The van der Waals surface area contributed by atoms with Gasteiger partial charge in [-0.1, -0.05) is 17.7 Å². The second-order valence-electron chi connectivity index (χ2n) is 4.19. The molecule has 0 radical (unpaired) electrons. The Balaban J connectivity index is 2.35. The van der Waals surface area contributed by atoms with Gasteiger partial charge >= 0.3 is 0 Å². The number of sulfone groups is 1. The first-order chi connectivity index (χ1) is 9.11. The van der Waals surface area contributed by atoms with Crippen molar-refractivity contribution in [2.45, 2.75) is 10.9 Å². The van der Waals surface area contributed by atoms with Crippen molar-refractivity contribution in [3.05, 3.63) is 33.1 Å². The standard InChI is InChI=1S/C10H10BrClN2O4S2/c11-10-8(13)3-6(12)4-9(10)20(17,18)14-7-1-2-19(15,16)5-7/h1-4,7,14H,5,13H2. The predicted octanol–water partition coefficient (Wildman–Crippen LogP) is 1.27. The van der Waals surface area contributed by atoms with E-state index in [1.807, 2.05) is 0 Å². The van der Waals surface area contributed by atoms with E-state index < -0.39 is 25.9 Å². The highest BCUT2D eigenvalue weighted by Crippen LogP contribution is 2.31. The Morgan fingerprint density at radius 1 is 1.40 bits per heavy atom. The van der Waals surface area contributed by atoms with Gasteiger partial charge in [-0.3, -0.25) is 0 Å². The topological polar surface area (TPSA) is 106 Å². The van der Waals surface area contributed by atoms with Crippen LogP contribution in [0.4, 0.5) is 5.69 Å². The van der Waals surface area contributed by atoms with Crippen LogP contribution in [0.3, 0.4) is 0 Å². The Morgan fingerprint density at radius 2 is 2.05 bits per heavy atom. The lowest BCUT2D eigenvalue weighted by molar-refractivity contribution is 0.574. The van der Waals surface area contributed by atoms with E-state index in [-0.39, 0.29) is 25.8 Å². The molecule has 0 spiro atoms. The highest BCUT2D eigenvalue weighted by atomic mass is 79.9. The normalized spacial score (nSPS) is 21.2. The molecule has 0 amide bonds. The first-order valence-electron chi connectivity index (χ1n) is 5.28. The summed E-state index contributed by atoms with van der Waals surface area (Å²) in [5.41, 5.74) is 5.81. The molecule has 10 heteroatoms. The first kappa shape index (κ1) is 15.8. The summed E-state index contributed by atoms with van der Waals surface area (Å²) in [6, 6.07) is 1.83. The third-order valence-electron chi connectivity index (χ3n) is 2.56. The molecule has 0 fully saturated rings. The van der Waals surface area contributed by atoms with Crippen molar-refractivity contribution < 1.29 is 16.8 Å². The number of sulfonamides is 1. The summed E-state index contributed by atoms with van der Waals surface area (Å²) in [7, 11) is -7.29. The van der Waals surface area contributed by atoms with Crippen LogP contribution in [0.1, 0.15) is 0 Å². The number of anilines is 1. The minimum Gasteiger partial charge on any atom is -0.398 e. The maximum atomic E-state index is 12.2. The molecule has 6 nitrogen and oxygen atoms in total. The van der Waals surface area contributed by atoms with E-state index in [1.165, 1.54) is 18.2 Å². The number of benzene rings is 1. The lowest BCUT2D eigenvalue weighted by Gasteiger charge is -2.13. The molecule has 1 atom stereocenters. The average molecular weight is 402 g/mol. The van der Waals surface area contributed by atoms with Gasteiger partial charge in [0.1, 0.15) is 0 Å². The molecule has 110 valence electrons. The zero-order chi connectivity index (χ0) is 15.1. The van der Waals surface area contributed by atoms with Crippen LogP contribution in [0.15, 0.2) is 33.0 Å². The van der Waals surface area contributed by atoms with Crippen LogP contribution in [0.5, 0.6) is 0 Å². The molecule has 1 aromatic rings. The Morgan fingerprint density at radius 3 is 2.60 bits per heavy atom.